The molecule has 8 aromatic carbocycles. The normalized spacial score (nSPS) is 11.6. The Morgan fingerprint density at radius 3 is 1.62 bits per heavy atom. The molecule has 0 aliphatic rings. The molecular formula is C50H29N5. The minimum atomic E-state index is 0.577. The standard InChI is InChI=1S/C50H29N5/c51-30-32-26-27-46(54-45-23-8-4-18-40(45)49-34(31-52)13-10-24-47(49)54)41(28-32)33-12-9-14-35(29-33)53-42-20-5-3-17-38(42)39-19-11-25-48(50(39)53)55-43-21-6-1-15-36(43)37-16-2-7-22-44(37)55/h1-29H. The van der Waals surface area contributed by atoms with E-state index in [2.05, 4.69) is 159 Å². The second kappa shape index (κ2) is 11.8. The third kappa shape index (κ3) is 4.39. The molecule has 11 aromatic rings. The smallest absolute Gasteiger partial charge is 0.0998 e. The van der Waals surface area contributed by atoms with Crippen molar-refractivity contribution < 1.29 is 0 Å². The van der Waals surface area contributed by atoms with Crippen LogP contribution < -0.4 is 0 Å². The predicted octanol–water partition coefficient (Wildman–Crippen LogP) is 12.4. The Morgan fingerprint density at radius 1 is 0.382 bits per heavy atom. The zero-order valence-corrected chi connectivity index (χ0v) is 29.5. The van der Waals surface area contributed by atoms with Gasteiger partial charge in [-0.1, -0.05) is 103 Å². The van der Waals surface area contributed by atoms with E-state index >= 15 is 0 Å². The van der Waals surface area contributed by atoms with Gasteiger partial charge in [0, 0.05) is 43.6 Å². The second-order valence-corrected chi connectivity index (χ2v) is 14.0. The van der Waals surface area contributed by atoms with Gasteiger partial charge >= 0.3 is 0 Å². The summed E-state index contributed by atoms with van der Waals surface area (Å²) in [6.45, 7) is 0. The van der Waals surface area contributed by atoms with Crippen LogP contribution in [-0.4, -0.2) is 13.7 Å². The van der Waals surface area contributed by atoms with E-state index in [1.54, 1.807) is 0 Å². The van der Waals surface area contributed by atoms with Gasteiger partial charge in [0.15, 0.2) is 0 Å². The average Bonchev–Trinajstić information content (AvgIpc) is 3.89. The lowest BCUT2D eigenvalue weighted by Crippen LogP contribution is -2.01. The lowest BCUT2D eigenvalue weighted by Gasteiger charge is -2.17. The monoisotopic (exact) mass is 699 g/mol. The third-order valence-corrected chi connectivity index (χ3v) is 11.1. The molecule has 55 heavy (non-hydrogen) atoms. The van der Waals surface area contributed by atoms with Crippen molar-refractivity contribution >= 4 is 65.4 Å². The van der Waals surface area contributed by atoms with Gasteiger partial charge in [0.1, 0.15) is 0 Å². The molecule has 3 aromatic heterocycles. The van der Waals surface area contributed by atoms with E-state index in [0.29, 0.717) is 11.1 Å². The largest absolute Gasteiger partial charge is 0.309 e. The minimum absolute atomic E-state index is 0.577. The van der Waals surface area contributed by atoms with Crippen molar-refractivity contribution in [2.45, 2.75) is 0 Å². The van der Waals surface area contributed by atoms with E-state index in [4.69, 9.17) is 0 Å². The molecule has 0 amide bonds. The van der Waals surface area contributed by atoms with Gasteiger partial charge in [-0.3, -0.25) is 0 Å². The van der Waals surface area contributed by atoms with Gasteiger partial charge in [-0.25, -0.2) is 0 Å². The van der Waals surface area contributed by atoms with Gasteiger partial charge in [0.25, 0.3) is 0 Å². The van der Waals surface area contributed by atoms with E-state index in [0.717, 1.165) is 72.1 Å². The van der Waals surface area contributed by atoms with Crippen molar-refractivity contribution in [3.8, 4) is 40.3 Å². The van der Waals surface area contributed by atoms with Crippen LogP contribution in [0, 0.1) is 22.7 Å². The van der Waals surface area contributed by atoms with Crippen LogP contribution >= 0.6 is 0 Å². The van der Waals surface area contributed by atoms with Gasteiger partial charge in [-0.05, 0) is 78.4 Å². The van der Waals surface area contributed by atoms with Crippen LogP contribution in [0.5, 0.6) is 0 Å². The van der Waals surface area contributed by atoms with Crippen LogP contribution in [0.15, 0.2) is 176 Å². The van der Waals surface area contributed by atoms with Gasteiger partial charge in [0.2, 0.25) is 0 Å². The lowest BCUT2D eigenvalue weighted by atomic mass is 10.00. The molecule has 0 bridgehead atoms. The van der Waals surface area contributed by atoms with Crippen LogP contribution in [0.2, 0.25) is 0 Å². The van der Waals surface area contributed by atoms with Crippen molar-refractivity contribution in [2.75, 3.05) is 0 Å². The summed E-state index contributed by atoms with van der Waals surface area (Å²) in [4.78, 5) is 0. The molecule has 0 radical (unpaired) electrons. The predicted molar refractivity (Wildman–Crippen MR) is 224 cm³/mol. The van der Waals surface area contributed by atoms with E-state index in [9.17, 15) is 10.5 Å². The molecule has 0 spiro atoms. The molecule has 0 aliphatic carbocycles. The fourth-order valence-corrected chi connectivity index (χ4v) is 8.85. The summed E-state index contributed by atoms with van der Waals surface area (Å²) in [6.07, 6.45) is 0. The molecule has 254 valence electrons. The number of aromatic nitrogens is 3. The average molecular weight is 700 g/mol. The van der Waals surface area contributed by atoms with Gasteiger partial charge in [-0.15, -0.1) is 0 Å². The summed E-state index contributed by atoms with van der Waals surface area (Å²) in [7, 11) is 0. The maximum absolute atomic E-state index is 10.2. The van der Waals surface area contributed by atoms with Crippen molar-refractivity contribution in [2.24, 2.45) is 0 Å². The molecule has 0 saturated heterocycles. The van der Waals surface area contributed by atoms with Crippen LogP contribution in [0.1, 0.15) is 11.1 Å². The summed E-state index contributed by atoms with van der Waals surface area (Å²) in [6, 6.07) is 66.0. The number of para-hydroxylation sites is 5. The maximum Gasteiger partial charge on any atom is 0.0998 e. The maximum atomic E-state index is 10.2. The van der Waals surface area contributed by atoms with Gasteiger partial charge in [0.05, 0.1) is 67.7 Å². The first kappa shape index (κ1) is 30.7. The summed E-state index contributed by atoms with van der Waals surface area (Å²) < 4.78 is 7.02. The number of nitrogens with zero attached hydrogens (tertiary/aromatic N) is 5. The van der Waals surface area contributed by atoms with E-state index in [-0.39, 0.29) is 0 Å². The molecule has 5 nitrogen and oxygen atoms in total. The van der Waals surface area contributed by atoms with Crippen LogP contribution in [0.25, 0.3) is 93.6 Å². The quantitative estimate of drug-likeness (QED) is 0.184. The first-order valence-electron chi connectivity index (χ1n) is 18.3. The first-order chi connectivity index (χ1) is 27.2. The highest BCUT2D eigenvalue weighted by atomic mass is 15.1. The number of fused-ring (bicyclic) bond motifs is 9. The molecule has 11 rings (SSSR count). The molecule has 0 fully saturated rings. The van der Waals surface area contributed by atoms with Gasteiger partial charge in [-0.2, -0.15) is 10.5 Å². The Labute approximate surface area is 316 Å². The van der Waals surface area contributed by atoms with Gasteiger partial charge < -0.3 is 13.7 Å². The summed E-state index contributed by atoms with van der Waals surface area (Å²) in [5.74, 6) is 0. The van der Waals surface area contributed by atoms with E-state index in [1.165, 1.54) is 21.5 Å². The third-order valence-electron chi connectivity index (χ3n) is 11.1. The summed E-state index contributed by atoms with van der Waals surface area (Å²) in [5, 5.41) is 27.0. The number of benzene rings is 8. The Hall–Kier alpha value is -7.86. The van der Waals surface area contributed by atoms with Crippen molar-refractivity contribution in [1.29, 1.82) is 10.5 Å². The molecule has 0 saturated carbocycles. The van der Waals surface area contributed by atoms with Crippen LogP contribution in [-0.2, 0) is 0 Å². The zero-order valence-electron chi connectivity index (χ0n) is 29.5. The number of hydrogen-bond acceptors (Lipinski definition) is 2. The molecule has 0 atom stereocenters. The van der Waals surface area contributed by atoms with Crippen molar-refractivity contribution in [1.82, 2.24) is 13.7 Å². The number of hydrogen-bond donors (Lipinski definition) is 0. The molecule has 5 heteroatoms. The highest BCUT2D eigenvalue weighted by Crippen LogP contribution is 2.42. The minimum Gasteiger partial charge on any atom is -0.309 e. The lowest BCUT2D eigenvalue weighted by molar-refractivity contribution is 1.13. The Bertz CT molecular complexity index is 3420. The van der Waals surface area contributed by atoms with E-state index in [1.807, 2.05) is 42.5 Å². The Morgan fingerprint density at radius 2 is 0.927 bits per heavy atom. The molecule has 0 unspecified atom stereocenters. The fourth-order valence-electron chi connectivity index (χ4n) is 8.85. The molecular weight excluding hydrogens is 671 g/mol. The fraction of sp³-hybridized carbons (Fsp3) is 0. The molecule has 0 aliphatic heterocycles. The van der Waals surface area contributed by atoms with Crippen LogP contribution in [0.4, 0.5) is 0 Å². The highest BCUT2D eigenvalue weighted by Gasteiger charge is 2.22. The molecule has 0 N–H and O–H groups in total. The van der Waals surface area contributed by atoms with E-state index < -0.39 is 0 Å². The Kier molecular flexibility index (Phi) is 6.61. The van der Waals surface area contributed by atoms with Crippen molar-refractivity contribution in [3.05, 3.63) is 187 Å². The SMILES string of the molecule is N#Cc1ccc(-n2c3ccccc3c3c(C#N)cccc32)c(-c2cccc(-n3c4ccccc4c4cccc(-n5c6ccccc6c6ccccc65)c43)c2)c1. The topological polar surface area (TPSA) is 62.4 Å². The summed E-state index contributed by atoms with van der Waals surface area (Å²) >= 11 is 0. The highest BCUT2D eigenvalue weighted by molar-refractivity contribution is 6.15. The number of nitriles is 2. The van der Waals surface area contributed by atoms with Crippen LogP contribution in [0.3, 0.4) is 0 Å². The number of rotatable bonds is 4. The second-order valence-electron chi connectivity index (χ2n) is 14.0. The van der Waals surface area contributed by atoms with Crippen molar-refractivity contribution in [3.63, 3.8) is 0 Å². The summed E-state index contributed by atoms with van der Waals surface area (Å²) in [5.41, 5.74) is 12.7. The molecule has 3 heterocycles. The first-order valence-corrected chi connectivity index (χ1v) is 18.3. The zero-order chi connectivity index (χ0) is 36.6. The Balaban J connectivity index is 1.21.